The van der Waals surface area contributed by atoms with Gasteiger partial charge in [0.05, 0.1) is 0 Å². The van der Waals surface area contributed by atoms with Gasteiger partial charge in [0.25, 0.3) is 0 Å². The zero-order valence-corrected chi connectivity index (χ0v) is 12.0. The first kappa shape index (κ1) is 15.1. The number of hydrogen-bond donors (Lipinski definition) is 1. The van der Waals surface area contributed by atoms with Gasteiger partial charge in [-0.05, 0) is 56.7 Å². The molecule has 0 bridgehead atoms. The largest absolute Gasteiger partial charge is 0.314 e. The summed E-state index contributed by atoms with van der Waals surface area (Å²) in [6, 6.07) is 4.79. The predicted molar refractivity (Wildman–Crippen MR) is 77.8 cm³/mol. The third-order valence-corrected chi connectivity index (χ3v) is 3.41. The second-order valence-corrected chi connectivity index (χ2v) is 4.63. The van der Waals surface area contributed by atoms with E-state index in [9.17, 15) is 0 Å². The number of likely N-dealkylation sites (N-methyl/N-ethyl adjacent to an activating group) is 1. The number of rotatable bonds is 9. The summed E-state index contributed by atoms with van der Waals surface area (Å²) in [5.41, 5.74) is 1.37. The molecule has 3 heteroatoms. The van der Waals surface area contributed by atoms with Crippen molar-refractivity contribution >= 4 is 0 Å². The molecule has 1 N–H and O–H groups in total. The monoisotopic (exact) mass is 249 g/mol. The van der Waals surface area contributed by atoms with E-state index in [1.54, 1.807) is 0 Å². The fourth-order valence-corrected chi connectivity index (χ4v) is 2.25. The van der Waals surface area contributed by atoms with Crippen LogP contribution in [0.1, 0.15) is 32.8 Å². The molecule has 18 heavy (non-hydrogen) atoms. The number of hydrogen-bond acceptors (Lipinski definition) is 3. The van der Waals surface area contributed by atoms with Crippen molar-refractivity contribution in [2.45, 2.75) is 39.7 Å². The highest BCUT2D eigenvalue weighted by Gasteiger charge is 2.10. The summed E-state index contributed by atoms with van der Waals surface area (Å²) in [6.45, 7) is 11.1. The first-order valence-corrected chi connectivity index (χ1v) is 7.14. The van der Waals surface area contributed by atoms with Crippen LogP contribution in [-0.4, -0.2) is 42.1 Å². The smallest absolute Gasteiger partial charge is 0.0270 e. The Morgan fingerprint density at radius 3 is 2.39 bits per heavy atom. The minimum atomic E-state index is 0.568. The van der Waals surface area contributed by atoms with Crippen molar-refractivity contribution in [1.82, 2.24) is 15.2 Å². The molecule has 3 nitrogen and oxygen atoms in total. The van der Waals surface area contributed by atoms with E-state index in [-0.39, 0.29) is 0 Å². The second kappa shape index (κ2) is 9.06. The first-order valence-electron chi connectivity index (χ1n) is 7.14. The minimum absolute atomic E-state index is 0.568. The van der Waals surface area contributed by atoms with Crippen molar-refractivity contribution in [3.05, 3.63) is 30.1 Å². The summed E-state index contributed by atoms with van der Waals surface area (Å²) in [7, 11) is 0. The average Bonchev–Trinajstić information content (AvgIpc) is 2.41. The fourth-order valence-electron chi connectivity index (χ4n) is 2.25. The molecule has 1 rings (SSSR count). The second-order valence-electron chi connectivity index (χ2n) is 4.63. The number of pyridine rings is 1. The van der Waals surface area contributed by atoms with Gasteiger partial charge in [-0.15, -0.1) is 0 Å². The highest BCUT2D eigenvalue weighted by molar-refractivity contribution is 5.11. The van der Waals surface area contributed by atoms with E-state index in [0.717, 1.165) is 26.1 Å². The van der Waals surface area contributed by atoms with Crippen LogP contribution in [0.2, 0.25) is 0 Å². The zero-order chi connectivity index (χ0) is 13.2. The van der Waals surface area contributed by atoms with Crippen LogP contribution < -0.4 is 5.32 Å². The van der Waals surface area contributed by atoms with Crippen LogP contribution in [0.5, 0.6) is 0 Å². The van der Waals surface area contributed by atoms with E-state index in [0.29, 0.717) is 6.04 Å². The molecular weight excluding hydrogens is 222 g/mol. The van der Waals surface area contributed by atoms with Gasteiger partial charge in [0.1, 0.15) is 0 Å². The average molecular weight is 249 g/mol. The quantitative estimate of drug-likeness (QED) is 0.728. The Labute approximate surface area is 112 Å². The molecule has 0 aliphatic heterocycles. The molecule has 0 amide bonds. The molecule has 0 aliphatic rings. The predicted octanol–water partition coefficient (Wildman–Crippen LogP) is 2.33. The Morgan fingerprint density at radius 2 is 1.83 bits per heavy atom. The van der Waals surface area contributed by atoms with Crippen molar-refractivity contribution in [3.8, 4) is 0 Å². The molecule has 0 fully saturated rings. The summed E-state index contributed by atoms with van der Waals surface area (Å²) in [5.74, 6) is 0. The first-order chi connectivity index (χ1) is 8.80. The Bertz CT molecular complexity index is 296. The number of nitrogens with zero attached hydrogens (tertiary/aromatic N) is 2. The standard InChI is InChI=1S/C15H27N3/c1-4-17-15(9-12-18(5-2)6-3)13-14-7-10-16-11-8-14/h7-8,10-11,15,17H,4-6,9,12-13H2,1-3H3. The summed E-state index contributed by atoms with van der Waals surface area (Å²) < 4.78 is 0. The highest BCUT2D eigenvalue weighted by atomic mass is 15.1. The van der Waals surface area contributed by atoms with Gasteiger partial charge >= 0.3 is 0 Å². The highest BCUT2D eigenvalue weighted by Crippen LogP contribution is 2.06. The van der Waals surface area contributed by atoms with Gasteiger partial charge < -0.3 is 10.2 Å². The minimum Gasteiger partial charge on any atom is -0.314 e. The molecule has 0 radical (unpaired) electrons. The van der Waals surface area contributed by atoms with Gasteiger partial charge in [0, 0.05) is 18.4 Å². The van der Waals surface area contributed by atoms with Crippen molar-refractivity contribution in [1.29, 1.82) is 0 Å². The summed E-state index contributed by atoms with van der Waals surface area (Å²) >= 11 is 0. The lowest BCUT2D eigenvalue weighted by molar-refractivity contribution is 0.281. The Kier molecular flexibility index (Phi) is 7.62. The topological polar surface area (TPSA) is 28.2 Å². The van der Waals surface area contributed by atoms with Crippen molar-refractivity contribution in [2.24, 2.45) is 0 Å². The molecule has 0 aromatic carbocycles. The maximum Gasteiger partial charge on any atom is 0.0270 e. The third-order valence-electron chi connectivity index (χ3n) is 3.41. The molecule has 1 aromatic rings. The summed E-state index contributed by atoms with van der Waals surface area (Å²) in [5, 5.41) is 3.59. The van der Waals surface area contributed by atoms with Crippen LogP contribution in [0.15, 0.2) is 24.5 Å². The maximum absolute atomic E-state index is 4.07. The van der Waals surface area contributed by atoms with E-state index < -0.39 is 0 Å². The summed E-state index contributed by atoms with van der Waals surface area (Å²) in [6.07, 6.45) is 6.06. The Balaban J connectivity index is 2.44. The van der Waals surface area contributed by atoms with E-state index in [4.69, 9.17) is 0 Å². The maximum atomic E-state index is 4.07. The van der Waals surface area contributed by atoms with Gasteiger partial charge in [-0.1, -0.05) is 20.8 Å². The fraction of sp³-hybridized carbons (Fsp3) is 0.667. The molecule has 0 saturated heterocycles. The molecule has 1 heterocycles. The lowest BCUT2D eigenvalue weighted by Crippen LogP contribution is -2.35. The third kappa shape index (κ3) is 5.61. The van der Waals surface area contributed by atoms with E-state index in [1.165, 1.54) is 18.5 Å². The summed E-state index contributed by atoms with van der Waals surface area (Å²) in [4.78, 5) is 6.55. The van der Waals surface area contributed by atoms with Gasteiger partial charge in [-0.25, -0.2) is 0 Å². The van der Waals surface area contributed by atoms with Crippen LogP contribution in [0.3, 0.4) is 0 Å². The molecule has 1 aromatic heterocycles. The SMILES string of the molecule is CCNC(CCN(CC)CC)Cc1ccncc1. The van der Waals surface area contributed by atoms with Crippen LogP contribution >= 0.6 is 0 Å². The van der Waals surface area contributed by atoms with Crippen molar-refractivity contribution < 1.29 is 0 Å². The van der Waals surface area contributed by atoms with Crippen LogP contribution in [0.25, 0.3) is 0 Å². The van der Waals surface area contributed by atoms with E-state index in [2.05, 4.69) is 48.1 Å². The zero-order valence-electron chi connectivity index (χ0n) is 12.0. The lowest BCUT2D eigenvalue weighted by Gasteiger charge is -2.23. The van der Waals surface area contributed by atoms with E-state index in [1.807, 2.05) is 12.4 Å². The van der Waals surface area contributed by atoms with Gasteiger partial charge in [-0.3, -0.25) is 4.98 Å². The lowest BCUT2D eigenvalue weighted by atomic mass is 10.0. The number of aromatic nitrogens is 1. The normalized spacial score (nSPS) is 12.9. The molecule has 0 aliphatic carbocycles. The Hall–Kier alpha value is -0.930. The van der Waals surface area contributed by atoms with Crippen LogP contribution in [0.4, 0.5) is 0 Å². The molecular formula is C15H27N3. The van der Waals surface area contributed by atoms with Gasteiger partial charge in [-0.2, -0.15) is 0 Å². The van der Waals surface area contributed by atoms with Gasteiger partial charge in [0.15, 0.2) is 0 Å². The molecule has 0 spiro atoms. The van der Waals surface area contributed by atoms with Crippen molar-refractivity contribution in [3.63, 3.8) is 0 Å². The molecule has 102 valence electrons. The molecule has 1 atom stereocenters. The molecule has 1 unspecified atom stereocenters. The number of nitrogens with one attached hydrogen (secondary N) is 1. The Morgan fingerprint density at radius 1 is 1.17 bits per heavy atom. The molecule has 0 saturated carbocycles. The van der Waals surface area contributed by atoms with Crippen LogP contribution in [-0.2, 0) is 6.42 Å². The van der Waals surface area contributed by atoms with Crippen LogP contribution in [0, 0.1) is 0 Å². The van der Waals surface area contributed by atoms with Crippen molar-refractivity contribution in [2.75, 3.05) is 26.2 Å². The van der Waals surface area contributed by atoms with E-state index >= 15 is 0 Å². The van der Waals surface area contributed by atoms with Gasteiger partial charge in [0.2, 0.25) is 0 Å².